The van der Waals surface area contributed by atoms with Crippen LogP contribution in [0.5, 0.6) is 0 Å². The Labute approximate surface area is 130 Å². The van der Waals surface area contributed by atoms with Crippen molar-refractivity contribution >= 4 is 6.09 Å². The highest BCUT2D eigenvalue weighted by molar-refractivity contribution is 5.67. The molecule has 1 N–H and O–H groups in total. The van der Waals surface area contributed by atoms with Crippen LogP contribution in [0.1, 0.15) is 43.2 Å². The number of carboxylic acid groups (broad SMARTS) is 1. The Balaban J connectivity index is 1.90. The lowest BCUT2D eigenvalue weighted by Gasteiger charge is -2.12. The minimum atomic E-state index is -1.23. The Bertz CT molecular complexity index is 676. The van der Waals surface area contributed by atoms with Crippen LogP contribution in [0, 0.1) is 0 Å². The highest BCUT2D eigenvalue weighted by Gasteiger charge is 2.13. The van der Waals surface area contributed by atoms with Gasteiger partial charge in [-0.3, -0.25) is 4.79 Å². The van der Waals surface area contributed by atoms with Gasteiger partial charge in [0.2, 0.25) is 0 Å². The van der Waals surface area contributed by atoms with Crippen LogP contribution in [0.15, 0.2) is 53.5 Å². The van der Waals surface area contributed by atoms with Crippen LogP contribution in [-0.2, 0) is 6.42 Å². The average Bonchev–Trinajstić information content (AvgIpc) is 2.52. The zero-order chi connectivity index (χ0) is 15.9. The molecule has 1 aromatic heterocycles. The van der Waals surface area contributed by atoms with Crippen LogP contribution in [-0.4, -0.2) is 15.8 Å². The number of aromatic nitrogens is 1. The van der Waals surface area contributed by atoms with Gasteiger partial charge in [0, 0.05) is 11.8 Å². The summed E-state index contributed by atoms with van der Waals surface area (Å²) in [5.74, 6) is 0.0649. The van der Waals surface area contributed by atoms with E-state index in [4.69, 9.17) is 5.11 Å². The van der Waals surface area contributed by atoms with E-state index in [2.05, 4.69) is 12.1 Å². The molecule has 1 atom stereocenters. The summed E-state index contributed by atoms with van der Waals surface area (Å²) in [4.78, 5) is 23.1. The molecule has 0 radical (unpaired) electrons. The summed E-state index contributed by atoms with van der Waals surface area (Å²) < 4.78 is 0.746. The Hall–Kier alpha value is -2.36. The van der Waals surface area contributed by atoms with E-state index in [1.54, 1.807) is 12.1 Å². The minimum absolute atomic E-state index is 0.0649. The van der Waals surface area contributed by atoms with Crippen molar-refractivity contribution in [3.63, 3.8) is 0 Å². The van der Waals surface area contributed by atoms with Gasteiger partial charge in [-0.05, 0) is 36.8 Å². The van der Waals surface area contributed by atoms with Gasteiger partial charge in [0.1, 0.15) is 0 Å². The first kappa shape index (κ1) is 16.0. The van der Waals surface area contributed by atoms with Crippen molar-refractivity contribution in [1.29, 1.82) is 0 Å². The molecular weight excluding hydrogens is 278 g/mol. The normalized spacial score (nSPS) is 12.0. The van der Waals surface area contributed by atoms with E-state index in [-0.39, 0.29) is 5.92 Å². The van der Waals surface area contributed by atoms with Crippen molar-refractivity contribution in [1.82, 2.24) is 4.57 Å². The lowest BCUT2D eigenvalue weighted by atomic mass is 9.95. The number of benzene rings is 1. The maximum atomic E-state index is 12.1. The molecule has 1 heterocycles. The number of aryl methyl sites for hydroxylation is 1. The number of pyridine rings is 1. The van der Waals surface area contributed by atoms with Gasteiger partial charge in [-0.1, -0.05) is 49.7 Å². The van der Waals surface area contributed by atoms with Gasteiger partial charge in [0.25, 0.3) is 5.56 Å². The first-order chi connectivity index (χ1) is 10.6. The maximum absolute atomic E-state index is 12.1. The van der Waals surface area contributed by atoms with Crippen molar-refractivity contribution in [3.8, 4) is 0 Å². The lowest BCUT2D eigenvalue weighted by Crippen LogP contribution is -2.28. The van der Waals surface area contributed by atoms with Crippen molar-refractivity contribution in [2.45, 2.75) is 38.5 Å². The molecule has 116 valence electrons. The van der Waals surface area contributed by atoms with Crippen molar-refractivity contribution in [3.05, 3.63) is 70.1 Å². The van der Waals surface area contributed by atoms with Gasteiger partial charge in [-0.25, -0.2) is 9.36 Å². The van der Waals surface area contributed by atoms with Gasteiger partial charge >= 0.3 is 6.09 Å². The summed E-state index contributed by atoms with van der Waals surface area (Å²) in [6.07, 6.45) is 4.04. The van der Waals surface area contributed by atoms with Crippen molar-refractivity contribution in [2.24, 2.45) is 0 Å². The topological polar surface area (TPSA) is 59.3 Å². The van der Waals surface area contributed by atoms with Gasteiger partial charge in [0.05, 0.1) is 0 Å². The predicted molar refractivity (Wildman–Crippen MR) is 86.5 cm³/mol. The van der Waals surface area contributed by atoms with Crippen LogP contribution in [0.3, 0.4) is 0 Å². The van der Waals surface area contributed by atoms with E-state index < -0.39 is 11.7 Å². The molecular formula is C18H21NO3. The van der Waals surface area contributed by atoms with Crippen LogP contribution < -0.4 is 5.56 Å². The quantitative estimate of drug-likeness (QED) is 0.823. The van der Waals surface area contributed by atoms with E-state index in [0.29, 0.717) is 5.56 Å². The molecule has 0 saturated carbocycles. The third-order valence-corrected chi connectivity index (χ3v) is 3.91. The summed E-state index contributed by atoms with van der Waals surface area (Å²) in [7, 11) is 0. The average molecular weight is 299 g/mol. The smallest absolute Gasteiger partial charge is 0.418 e. The van der Waals surface area contributed by atoms with Crippen molar-refractivity contribution in [2.75, 3.05) is 0 Å². The molecule has 2 aromatic rings. The molecule has 4 heteroatoms. The second-order valence-electron chi connectivity index (χ2n) is 5.55. The highest BCUT2D eigenvalue weighted by atomic mass is 16.4. The van der Waals surface area contributed by atoms with E-state index in [1.807, 2.05) is 25.1 Å². The molecule has 2 rings (SSSR count). The number of hydrogen-bond donors (Lipinski definition) is 1. The van der Waals surface area contributed by atoms with E-state index in [1.165, 1.54) is 11.8 Å². The Morgan fingerprint density at radius 2 is 1.86 bits per heavy atom. The molecule has 0 fully saturated rings. The summed E-state index contributed by atoms with van der Waals surface area (Å²) in [5, 5.41) is 8.98. The monoisotopic (exact) mass is 299 g/mol. The molecule has 1 unspecified atom stereocenters. The standard InChI is InChI=1S/C18H21NO3/c1-14(8-5-6-11-15-9-3-2-4-10-15)16-12-7-13-19(17(16)20)18(21)22/h2-4,7,9-10,12-14H,5-6,8,11H2,1H3,(H,21,22). The molecule has 0 bridgehead atoms. The number of hydrogen-bond acceptors (Lipinski definition) is 2. The molecule has 0 amide bonds. The summed E-state index contributed by atoms with van der Waals surface area (Å²) >= 11 is 0. The Kier molecular flexibility index (Phi) is 5.53. The molecule has 1 aromatic carbocycles. The maximum Gasteiger partial charge on any atom is 0.418 e. The number of carbonyl (C=O) groups is 1. The summed E-state index contributed by atoms with van der Waals surface area (Å²) in [5.41, 5.74) is 1.47. The molecule has 0 aliphatic heterocycles. The molecule has 0 aliphatic rings. The fraction of sp³-hybridized carbons (Fsp3) is 0.333. The molecule has 0 saturated heterocycles. The Morgan fingerprint density at radius 1 is 1.14 bits per heavy atom. The number of unbranched alkanes of at least 4 members (excludes halogenated alkanes) is 1. The predicted octanol–water partition coefficient (Wildman–Crippen LogP) is 3.89. The summed E-state index contributed by atoms with van der Waals surface area (Å²) in [6.45, 7) is 1.98. The largest absolute Gasteiger partial charge is 0.464 e. The zero-order valence-corrected chi connectivity index (χ0v) is 12.7. The molecule has 0 aliphatic carbocycles. The SMILES string of the molecule is CC(CCCCc1ccccc1)c1cccn(C(=O)O)c1=O. The highest BCUT2D eigenvalue weighted by Crippen LogP contribution is 2.19. The first-order valence-electron chi connectivity index (χ1n) is 7.58. The number of nitrogens with zero attached hydrogens (tertiary/aromatic N) is 1. The lowest BCUT2D eigenvalue weighted by molar-refractivity contribution is 0.195. The fourth-order valence-electron chi connectivity index (χ4n) is 2.62. The van der Waals surface area contributed by atoms with Crippen LogP contribution in [0.25, 0.3) is 0 Å². The molecule has 22 heavy (non-hydrogen) atoms. The van der Waals surface area contributed by atoms with E-state index in [0.717, 1.165) is 30.3 Å². The zero-order valence-electron chi connectivity index (χ0n) is 12.7. The van der Waals surface area contributed by atoms with Crippen LogP contribution in [0.4, 0.5) is 4.79 Å². The van der Waals surface area contributed by atoms with Crippen LogP contribution in [0.2, 0.25) is 0 Å². The van der Waals surface area contributed by atoms with E-state index >= 15 is 0 Å². The van der Waals surface area contributed by atoms with Crippen molar-refractivity contribution < 1.29 is 9.90 Å². The molecule has 0 spiro atoms. The fourth-order valence-corrected chi connectivity index (χ4v) is 2.62. The van der Waals surface area contributed by atoms with Gasteiger partial charge < -0.3 is 5.11 Å². The van der Waals surface area contributed by atoms with Crippen LogP contribution >= 0.6 is 0 Å². The van der Waals surface area contributed by atoms with E-state index in [9.17, 15) is 9.59 Å². The third kappa shape index (κ3) is 4.07. The second-order valence-corrected chi connectivity index (χ2v) is 5.55. The second kappa shape index (κ2) is 7.59. The van der Waals surface area contributed by atoms with Gasteiger partial charge in [-0.2, -0.15) is 0 Å². The third-order valence-electron chi connectivity index (χ3n) is 3.91. The number of rotatable bonds is 6. The first-order valence-corrected chi connectivity index (χ1v) is 7.58. The van der Waals surface area contributed by atoms with Gasteiger partial charge in [-0.15, -0.1) is 0 Å². The molecule has 4 nitrogen and oxygen atoms in total. The summed E-state index contributed by atoms with van der Waals surface area (Å²) in [6, 6.07) is 13.7. The Morgan fingerprint density at radius 3 is 2.55 bits per heavy atom. The minimum Gasteiger partial charge on any atom is -0.464 e. The van der Waals surface area contributed by atoms with Gasteiger partial charge in [0.15, 0.2) is 0 Å².